The fraction of sp³-hybridized carbons (Fsp3) is 0.222. The van der Waals surface area contributed by atoms with E-state index in [1.54, 1.807) is 0 Å². The fourth-order valence-corrected chi connectivity index (χ4v) is 1.07. The van der Waals surface area contributed by atoms with Crippen molar-refractivity contribution in [1.29, 1.82) is 0 Å². The number of carbonyl (C=O) groups excluding carboxylic acids is 1. The lowest BCUT2D eigenvalue weighted by Crippen LogP contribution is -2.28. The Balaban J connectivity index is 3.08. The second-order valence-electron chi connectivity index (χ2n) is 3.00. The van der Waals surface area contributed by atoms with E-state index >= 15 is 0 Å². The number of nitrogens with two attached hydrogens (primary N) is 2. The van der Waals surface area contributed by atoms with Crippen molar-refractivity contribution in [3.05, 3.63) is 35.4 Å². The van der Waals surface area contributed by atoms with E-state index in [1.165, 1.54) is 12.1 Å². The minimum Gasteiger partial charge on any atom is -0.368 e. The third-order valence-corrected chi connectivity index (χ3v) is 1.88. The zero-order valence-corrected chi connectivity index (χ0v) is 7.58. The van der Waals surface area contributed by atoms with Crippen LogP contribution in [0.5, 0.6) is 0 Å². The Labute approximate surface area is 83.9 Å². The Bertz CT molecular complexity index is 376. The van der Waals surface area contributed by atoms with Gasteiger partial charge in [-0.3, -0.25) is 4.79 Å². The van der Waals surface area contributed by atoms with Crippen molar-refractivity contribution in [3.8, 4) is 0 Å². The summed E-state index contributed by atoms with van der Waals surface area (Å²) in [7, 11) is 0. The molecular formula is C9H9F3N2O. The van der Waals surface area contributed by atoms with Crippen LogP contribution in [-0.2, 0) is 11.0 Å². The lowest BCUT2D eigenvalue weighted by molar-refractivity contribution is -0.137. The number of rotatable bonds is 2. The molecule has 1 aromatic rings. The molecular weight excluding hydrogens is 209 g/mol. The molecule has 0 aliphatic rings. The zero-order valence-electron chi connectivity index (χ0n) is 7.58. The molecule has 4 N–H and O–H groups in total. The highest BCUT2D eigenvalue weighted by Crippen LogP contribution is 2.30. The Hall–Kier alpha value is -1.56. The number of benzene rings is 1. The number of hydrogen-bond acceptors (Lipinski definition) is 2. The van der Waals surface area contributed by atoms with Crippen molar-refractivity contribution in [1.82, 2.24) is 0 Å². The fourth-order valence-electron chi connectivity index (χ4n) is 1.07. The summed E-state index contributed by atoms with van der Waals surface area (Å²) in [6, 6.07) is 3.01. The number of amides is 1. The first-order valence-corrected chi connectivity index (χ1v) is 4.04. The minimum absolute atomic E-state index is 0.0531. The molecule has 0 aromatic heterocycles. The van der Waals surface area contributed by atoms with Gasteiger partial charge < -0.3 is 11.5 Å². The van der Waals surface area contributed by atoms with Crippen LogP contribution in [0.15, 0.2) is 24.3 Å². The molecule has 0 unspecified atom stereocenters. The van der Waals surface area contributed by atoms with Gasteiger partial charge >= 0.3 is 6.18 Å². The van der Waals surface area contributed by atoms with Crippen LogP contribution < -0.4 is 11.5 Å². The van der Waals surface area contributed by atoms with Gasteiger partial charge in [-0.15, -0.1) is 0 Å². The van der Waals surface area contributed by atoms with Gasteiger partial charge in [-0.25, -0.2) is 0 Å². The Morgan fingerprint density at radius 2 is 1.93 bits per heavy atom. The molecule has 0 heterocycles. The van der Waals surface area contributed by atoms with Crippen LogP contribution in [0.2, 0.25) is 0 Å². The summed E-state index contributed by atoms with van der Waals surface area (Å²) in [5.41, 5.74) is 9.39. The first kappa shape index (κ1) is 11.5. The van der Waals surface area contributed by atoms with E-state index < -0.39 is 23.7 Å². The van der Waals surface area contributed by atoms with E-state index in [1.807, 2.05) is 0 Å². The number of primary amides is 1. The van der Waals surface area contributed by atoms with Gasteiger partial charge in [0, 0.05) is 0 Å². The van der Waals surface area contributed by atoms with E-state index in [4.69, 9.17) is 11.5 Å². The maximum Gasteiger partial charge on any atom is 0.416 e. The number of halogens is 3. The molecule has 82 valence electrons. The lowest BCUT2D eigenvalue weighted by atomic mass is 10.0. The number of alkyl halides is 3. The van der Waals surface area contributed by atoms with Crippen LogP contribution in [0.25, 0.3) is 0 Å². The topological polar surface area (TPSA) is 69.1 Å². The van der Waals surface area contributed by atoms with Gasteiger partial charge in [-0.1, -0.05) is 12.1 Å². The summed E-state index contributed by atoms with van der Waals surface area (Å²) >= 11 is 0. The average molecular weight is 218 g/mol. The van der Waals surface area contributed by atoms with Gasteiger partial charge in [0.1, 0.15) is 6.04 Å². The minimum atomic E-state index is -4.45. The highest BCUT2D eigenvalue weighted by atomic mass is 19.4. The maximum absolute atomic E-state index is 12.3. The van der Waals surface area contributed by atoms with Gasteiger partial charge in [0.2, 0.25) is 5.91 Å². The van der Waals surface area contributed by atoms with E-state index in [9.17, 15) is 18.0 Å². The molecule has 15 heavy (non-hydrogen) atoms. The summed E-state index contributed by atoms with van der Waals surface area (Å²) < 4.78 is 36.8. The molecule has 0 saturated carbocycles. The first-order chi connectivity index (χ1) is 6.82. The van der Waals surface area contributed by atoms with Crippen molar-refractivity contribution in [3.63, 3.8) is 0 Å². The highest BCUT2D eigenvalue weighted by molar-refractivity contribution is 5.81. The summed E-state index contributed by atoms with van der Waals surface area (Å²) in [5.74, 6) is -0.866. The number of carbonyl (C=O) groups is 1. The lowest BCUT2D eigenvalue weighted by Gasteiger charge is -2.11. The molecule has 0 aliphatic heterocycles. The second kappa shape index (κ2) is 3.90. The monoisotopic (exact) mass is 218 g/mol. The van der Waals surface area contributed by atoms with Crippen LogP contribution in [0.3, 0.4) is 0 Å². The SMILES string of the molecule is NC(=O)[C@@H](N)c1cccc(C(F)(F)F)c1. The molecule has 0 saturated heterocycles. The van der Waals surface area contributed by atoms with E-state index in [-0.39, 0.29) is 5.56 Å². The smallest absolute Gasteiger partial charge is 0.368 e. The van der Waals surface area contributed by atoms with E-state index in [2.05, 4.69) is 0 Å². The summed E-state index contributed by atoms with van der Waals surface area (Å²) in [6.07, 6.45) is -4.45. The van der Waals surface area contributed by atoms with Gasteiger partial charge in [-0.2, -0.15) is 13.2 Å². The zero-order chi connectivity index (χ0) is 11.6. The molecule has 3 nitrogen and oxygen atoms in total. The molecule has 1 rings (SSSR count). The second-order valence-corrected chi connectivity index (χ2v) is 3.00. The summed E-state index contributed by atoms with van der Waals surface area (Å²) in [5, 5.41) is 0. The third-order valence-electron chi connectivity index (χ3n) is 1.88. The Morgan fingerprint density at radius 3 is 2.40 bits per heavy atom. The van der Waals surface area contributed by atoms with Crippen LogP contribution in [-0.4, -0.2) is 5.91 Å². The van der Waals surface area contributed by atoms with Crippen molar-refractivity contribution in [2.24, 2.45) is 11.5 Å². The van der Waals surface area contributed by atoms with Crippen molar-refractivity contribution in [2.45, 2.75) is 12.2 Å². The quantitative estimate of drug-likeness (QED) is 0.782. The summed E-state index contributed by atoms with van der Waals surface area (Å²) in [4.78, 5) is 10.7. The first-order valence-electron chi connectivity index (χ1n) is 4.04. The van der Waals surface area contributed by atoms with Crippen LogP contribution in [0.1, 0.15) is 17.2 Å². The Morgan fingerprint density at radius 1 is 1.33 bits per heavy atom. The van der Waals surface area contributed by atoms with Crippen LogP contribution >= 0.6 is 0 Å². The molecule has 6 heteroatoms. The van der Waals surface area contributed by atoms with Crippen LogP contribution in [0, 0.1) is 0 Å². The Kier molecular flexibility index (Phi) is 2.99. The van der Waals surface area contributed by atoms with Gasteiger partial charge in [0.15, 0.2) is 0 Å². The average Bonchev–Trinajstić information content (AvgIpc) is 2.15. The molecule has 0 bridgehead atoms. The molecule has 1 atom stereocenters. The van der Waals surface area contributed by atoms with Crippen molar-refractivity contribution in [2.75, 3.05) is 0 Å². The molecule has 0 radical (unpaired) electrons. The molecule has 1 amide bonds. The van der Waals surface area contributed by atoms with Crippen molar-refractivity contribution < 1.29 is 18.0 Å². The number of hydrogen-bond donors (Lipinski definition) is 2. The molecule has 0 spiro atoms. The molecule has 0 fully saturated rings. The van der Waals surface area contributed by atoms with Crippen LogP contribution in [0.4, 0.5) is 13.2 Å². The predicted molar refractivity (Wildman–Crippen MR) is 47.6 cm³/mol. The van der Waals surface area contributed by atoms with Crippen molar-refractivity contribution >= 4 is 5.91 Å². The van der Waals surface area contributed by atoms with Gasteiger partial charge in [-0.05, 0) is 17.7 Å². The molecule has 1 aromatic carbocycles. The van der Waals surface area contributed by atoms with E-state index in [0.717, 1.165) is 12.1 Å². The largest absolute Gasteiger partial charge is 0.416 e. The summed E-state index contributed by atoms with van der Waals surface area (Å²) in [6.45, 7) is 0. The normalized spacial score (nSPS) is 13.6. The highest BCUT2D eigenvalue weighted by Gasteiger charge is 2.31. The molecule has 0 aliphatic carbocycles. The third kappa shape index (κ3) is 2.69. The maximum atomic E-state index is 12.3. The standard InChI is InChI=1S/C9H9F3N2O/c10-9(11,12)6-3-1-2-5(4-6)7(13)8(14)15/h1-4,7H,13H2,(H2,14,15)/t7-/m0/s1. The predicted octanol–water partition coefficient (Wildman–Crippen LogP) is 1.19. The van der Waals surface area contributed by atoms with Gasteiger partial charge in [0.05, 0.1) is 5.56 Å². The van der Waals surface area contributed by atoms with Gasteiger partial charge in [0.25, 0.3) is 0 Å². The van der Waals surface area contributed by atoms with E-state index in [0.29, 0.717) is 0 Å².